The molecule has 1 aliphatic carbocycles. The minimum absolute atomic E-state index is 0.482. The molecule has 1 aliphatic heterocycles. The van der Waals surface area contributed by atoms with E-state index < -0.39 is 11.1 Å². The summed E-state index contributed by atoms with van der Waals surface area (Å²) in [6.45, 7) is 3.95. The molecule has 7 heteroatoms. The standard InChI is InChI=1S/C20H26N4.CH4O2S/c1-15-12-17(8-7-16-5-6-16)9-10-19(15)20(24-21)14-22-13-18-4-2-3-11-23-18;1-4(2)3/h9-10,12,14,16,18,23H,2-6,11,13,21H2,1H3;1H3,(H,2,3)/p-1/b22-14?,24-20+;. The van der Waals surface area contributed by atoms with Gasteiger partial charge in [0.05, 0.1) is 6.54 Å². The van der Waals surface area contributed by atoms with Gasteiger partial charge in [0.25, 0.3) is 0 Å². The fourth-order valence-corrected chi connectivity index (χ4v) is 2.96. The molecule has 1 saturated carbocycles. The number of nitrogens with one attached hydrogen (secondary N) is 1. The fourth-order valence-electron chi connectivity index (χ4n) is 2.96. The predicted octanol–water partition coefficient (Wildman–Crippen LogP) is 2.13. The molecule has 0 aromatic heterocycles. The summed E-state index contributed by atoms with van der Waals surface area (Å²) in [6, 6.07) is 6.67. The molecule has 0 amide bonds. The van der Waals surface area contributed by atoms with Crippen LogP contribution in [0.15, 0.2) is 28.3 Å². The van der Waals surface area contributed by atoms with E-state index >= 15 is 0 Å². The first-order valence-electron chi connectivity index (χ1n) is 9.64. The van der Waals surface area contributed by atoms with Crippen LogP contribution < -0.4 is 11.2 Å². The van der Waals surface area contributed by atoms with Gasteiger partial charge in [0, 0.05) is 29.3 Å². The molecule has 3 N–H and O–H groups in total. The maximum Gasteiger partial charge on any atom is 0.108 e. The Morgan fingerprint density at radius 3 is 2.71 bits per heavy atom. The van der Waals surface area contributed by atoms with Crippen molar-refractivity contribution in [2.45, 2.75) is 45.1 Å². The van der Waals surface area contributed by atoms with Gasteiger partial charge in [0.15, 0.2) is 0 Å². The summed E-state index contributed by atoms with van der Waals surface area (Å²) in [7, 11) is 0. The quantitative estimate of drug-likeness (QED) is 0.265. The predicted molar refractivity (Wildman–Crippen MR) is 115 cm³/mol. The van der Waals surface area contributed by atoms with E-state index in [0.717, 1.165) is 41.7 Å². The van der Waals surface area contributed by atoms with Crippen LogP contribution in [0.3, 0.4) is 0 Å². The SMILES string of the molecule is CS(=O)[O-].Cc1cc(C#CC2CC2)ccc1/C(C=NCC1CCCCN1)=N/N. The number of hydrogen-bond acceptors (Lipinski definition) is 6. The Hall–Kier alpha value is -2.01. The van der Waals surface area contributed by atoms with Crippen LogP contribution in [0.2, 0.25) is 0 Å². The molecule has 2 aliphatic rings. The topological polar surface area (TPSA) is 103 Å². The highest BCUT2D eigenvalue weighted by Crippen LogP contribution is 2.27. The number of rotatable bonds is 4. The minimum atomic E-state index is -1.86. The fraction of sp³-hybridized carbons (Fsp3) is 0.524. The van der Waals surface area contributed by atoms with Crippen LogP contribution in [0.5, 0.6) is 0 Å². The smallest absolute Gasteiger partial charge is 0.108 e. The monoisotopic (exact) mass is 401 g/mol. The second kappa shape index (κ2) is 11.7. The number of hydrogen-bond donors (Lipinski definition) is 2. The lowest BCUT2D eigenvalue weighted by Gasteiger charge is -2.21. The third-order valence-electron chi connectivity index (χ3n) is 4.59. The molecule has 28 heavy (non-hydrogen) atoms. The second-order valence-corrected chi connectivity index (χ2v) is 7.93. The van der Waals surface area contributed by atoms with E-state index in [1.54, 1.807) is 6.21 Å². The zero-order valence-electron chi connectivity index (χ0n) is 16.6. The third-order valence-corrected chi connectivity index (χ3v) is 4.59. The summed E-state index contributed by atoms with van der Waals surface area (Å²) in [5.41, 5.74) is 3.94. The maximum atomic E-state index is 9.00. The van der Waals surface area contributed by atoms with Gasteiger partial charge in [0.1, 0.15) is 5.71 Å². The minimum Gasteiger partial charge on any atom is -0.773 e. The van der Waals surface area contributed by atoms with Crippen LogP contribution in [0.1, 0.15) is 48.8 Å². The lowest BCUT2D eigenvalue weighted by Crippen LogP contribution is -2.36. The Balaban J connectivity index is 0.000000640. The van der Waals surface area contributed by atoms with Crippen LogP contribution in [0.25, 0.3) is 0 Å². The summed E-state index contributed by atoms with van der Waals surface area (Å²) >= 11 is -1.86. The van der Waals surface area contributed by atoms with Gasteiger partial charge >= 0.3 is 0 Å². The molecular formula is C21H29N4O2S-. The first-order chi connectivity index (χ1) is 13.5. The third kappa shape index (κ3) is 8.34. The average molecular weight is 402 g/mol. The molecule has 0 spiro atoms. The largest absolute Gasteiger partial charge is 0.773 e. The zero-order valence-corrected chi connectivity index (χ0v) is 17.4. The summed E-state index contributed by atoms with van der Waals surface area (Å²) in [5.74, 6) is 12.8. The van der Waals surface area contributed by atoms with Gasteiger partial charge in [-0.05, 0) is 63.1 Å². The lowest BCUT2D eigenvalue weighted by atomic mass is 10.0. The van der Waals surface area contributed by atoms with Crippen LogP contribution >= 0.6 is 0 Å². The van der Waals surface area contributed by atoms with Crippen LogP contribution in [-0.4, -0.2) is 46.1 Å². The van der Waals surface area contributed by atoms with Gasteiger partial charge in [0.2, 0.25) is 0 Å². The molecule has 3 rings (SSSR count). The molecule has 1 aromatic carbocycles. The van der Waals surface area contributed by atoms with E-state index in [0.29, 0.717) is 12.0 Å². The van der Waals surface area contributed by atoms with Crippen LogP contribution in [-0.2, 0) is 11.1 Å². The van der Waals surface area contributed by atoms with Crippen molar-refractivity contribution in [2.75, 3.05) is 19.3 Å². The van der Waals surface area contributed by atoms with Crippen molar-refractivity contribution in [1.29, 1.82) is 0 Å². The van der Waals surface area contributed by atoms with E-state index in [9.17, 15) is 0 Å². The Kier molecular flexibility index (Phi) is 9.35. The first-order valence-corrected chi connectivity index (χ1v) is 11.1. The highest BCUT2D eigenvalue weighted by molar-refractivity contribution is 7.78. The number of benzene rings is 1. The highest BCUT2D eigenvalue weighted by atomic mass is 32.2. The van der Waals surface area contributed by atoms with Crippen molar-refractivity contribution in [3.05, 3.63) is 34.9 Å². The molecule has 2 fully saturated rings. The molecule has 0 radical (unpaired) electrons. The molecule has 1 heterocycles. The van der Waals surface area contributed by atoms with E-state index in [4.69, 9.17) is 14.6 Å². The highest BCUT2D eigenvalue weighted by Gasteiger charge is 2.17. The van der Waals surface area contributed by atoms with Gasteiger partial charge in [-0.15, -0.1) is 0 Å². The Bertz CT molecular complexity index is 781. The van der Waals surface area contributed by atoms with Crippen LogP contribution in [0, 0.1) is 24.7 Å². The number of piperidine rings is 1. The average Bonchev–Trinajstić information content (AvgIpc) is 3.49. The van der Waals surface area contributed by atoms with Crippen molar-refractivity contribution in [3.8, 4) is 11.8 Å². The molecule has 1 saturated heterocycles. The number of hydrazone groups is 1. The van der Waals surface area contributed by atoms with E-state index in [1.807, 2.05) is 12.1 Å². The van der Waals surface area contributed by atoms with Crippen LogP contribution in [0.4, 0.5) is 0 Å². The Labute approximate surface area is 170 Å². The van der Waals surface area contributed by atoms with Gasteiger partial charge in [-0.2, -0.15) is 5.10 Å². The molecule has 6 nitrogen and oxygen atoms in total. The molecule has 2 unspecified atom stereocenters. The number of aryl methyl sites for hydroxylation is 1. The number of aliphatic imine (C=N–C) groups is 1. The zero-order chi connectivity index (χ0) is 20.4. The summed E-state index contributed by atoms with van der Waals surface area (Å²) in [6.07, 6.45) is 9.13. The van der Waals surface area contributed by atoms with Gasteiger partial charge in [-0.3, -0.25) is 9.20 Å². The normalized spacial score (nSPS) is 20.7. The summed E-state index contributed by atoms with van der Waals surface area (Å²) < 4.78 is 18.0. The molecule has 1 aromatic rings. The maximum absolute atomic E-state index is 9.00. The van der Waals surface area contributed by atoms with Crippen molar-refractivity contribution in [1.82, 2.24) is 5.32 Å². The molecule has 152 valence electrons. The van der Waals surface area contributed by atoms with Crippen molar-refractivity contribution in [2.24, 2.45) is 21.9 Å². The van der Waals surface area contributed by atoms with Crippen molar-refractivity contribution >= 4 is 23.0 Å². The lowest BCUT2D eigenvalue weighted by molar-refractivity contribution is 0.408. The Morgan fingerprint density at radius 1 is 1.39 bits per heavy atom. The van der Waals surface area contributed by atoms with Gasteiger partial charge in [-0.1, -0.05) is 35.4 Å². The Morgan fingerprint density at radius 2 is 2.14 bits per heavy atom. The van der Waals surface area contributed by atoms with Gasteiger partial charge < -0.3 is 15.7 Å². The van der Waals surface area contributed by atoms with E-state index in [-0.39, 0.29) is 0 Å². The summed E-state index contributed by atoms with van der Waals surface area (Å²) in [5, 5.41) is 7.42. The first kappa shape index (κ1) is 22.3. The van der Waals surface area contributed by atoms with Gasteiger partial charge in [-0.25, -0.2) is 0 Å². The number of nitrogens with zero attached hydrogens (tertiary/aromatic N) is 2. The number of nitrogens with two attached hydrogens (primary N) is 1. The molecule has 0 bridgehead atoms. The van der Waals surface area contributed by atoms with E-state index in [1.165, 1.54) is 32.1 Å². The van der Waals surface area contributed by atoms with Crippen molar-refractivity contribution < 1.29 is 8.76 Å². The van der Waals surface area contributed by atoms with E-state index in [2.05, 4.69) is 40.2 Å². The second-order valence-electron chi connectivity index (χ2n) is 7.13. The van der Waals surface area contributed by atoms with Crippen molar-refractivity contribution in [3.63, 3.8) is 0 Å². The molecule has 2 atom stereocenters. The summed E-state index contributed by atoms with van der Waals surface area (Å²) in [4.78, 5) is 4.55. The molecular weight excluding hydrogens is 372 g/mol.